The van der Waals surface area contributed by atoms with Crippen LogP contribution in [0.5, 0.6) is 0 Å². The molecule has 0 aliphatic rings. The molecule has 0 spiro atoms. The van der Waals surface area contributed by atoms with Crippen LogP contribution in [-0.4, -0.2) is 34.6 Å². The van der Waals surface area contributed by atoms with Gasteiger partial charge in [-0.15, -0.1) is 0 Å². The second kappa shape index (κ2) is 9.15. The molecule has 136 valence electrons. The van der Waals surface area contributed by atoms with E-state index in [-0.39, 0.29) is 5.78 Å². The molecule has 0 fully saturated rings. The zero-order valence-corrected chi connectivity index (χ0v) is 16.0. The Morgan fingerprint density at radius 1 is 1.23 bits per heavy atom. The molecular formula is C19H21N3O3S. The lowest BCUT2D eigenvalue weighted by Gasteiger charge is -2.12. The highest BCUT2D eigenvalue weighted by atomic mass is 32.2. The van der Waals surface area contributed by atoms with Gasteiger partial charge in [-0.2, -0.15) is 0 Å². The number of carbonyl (C=O) groups is 2. The Morgan fingerprint density at radius 3 is 2.50 bits per heavy atom. The minimum Gasteiger partial charge on any atom is -0.463 e. The maximum Gasteiger partial charge on any atom is 0.330 e. The molecule has 1 aromatic carbocycles. The third-order valence-electron chi connectivity index (χ3n) is 3.53. The molecule has 0 aliphatic carbocycles. The number of carbonyl (C=O) groups excluding carboxylic acids is 2. The van der Waals surface area contributed by atoms with Gasteiger partial charge < -0.3 is 10.1 Å². The zero-order chi connectivity index (χ0) is 19.1. The summed E-state index contributed by atoms with van der Waals surface area (Å²) in [6, 6.07) is 7.13. The molecule has 2 aromatic rings. The molecule has 1 N–H and O–H groups in total. The van der Waals surface area contributed by atoms with Gasteiger partial charge in [-0.1, -0.05) is 11.8 Å². The Labute approximate surface area is 157 Å². The van der Waals surface area contributed by atoms with Crippen LogP contribution in [0, 0.1) is 6.92 Å². The lowest BCUT2D eigenvalue weighted by molar-refractivity contribution is -0.137. The summed E-state index contributed by atoms with van der Waals surface area (Å²) in [5.41, 5.74) is 2.87. The second-order valence-corrected chi connectivity index (χ2v) is 6.18. The van der Waals surface area contributed by atoms with Gasteiger partial charge >= 0.3 is 5.97 Å². The summed E-state index contributed by atoms with van der Waals surface area (Å²) < 4.78 is 4.92. The second-order valence-electron chi connectivity index (χ2n) is 5.40. The molecule has 0 amide bonds. The Bertz CT molecular complexity index is 833. The first-order valence-corrected chi connectivity index (χ1v) is 9.32. The van der Waals surface area contributed by atoms with Crippen molar-refractivity contribution in [2.45, 2.75) is 25.9 Å². The van der Waals surface area contributed by atoms with E-state index >= 15 is 0 Å². The Morgan fingerprint density at radius 2 is 1.92 bits per heavy atom. The minimum absolute atomic E-state index is 0.0113. The smallest absolute Gasteiger partial charge is 0.330 e. The normalized spacial score (nSPS) is 10.8. The van der Waals surface area contributed by atoms with Crippen LogP contribution in [0.2, 0.25) is 0 Å². The van der Waals surface area contributed by atoms with Gasteiger partial charge in [0.05, 0.1) is 12.3 Å². The molecule has 0 saturated carbocycles. The molecule has 0 aliphatic heterocycles. The van der Waals surface area contributed by atoms with E-state index in [0.717, 1.165) is 11.4 Å². The number of anilines is 2. The number of rotatable bonds is 7. The van der Waals surface area contributed by atoms with Crippen LogP contribution in [0.25, 0.3) is 6.08 Å². The number of nitrogens with zero attached hydrogens (tertiary/aromatic N) is 2. The Balaban J connectivity index is 2.36. The van der Waals surface area contributed by atoms with Gasteiger partial charge in [-0.05, 0) is 57.4 Å². The Hall–Kier alpha value is -2.67. The zero-order valence-electron chi connectivity index (χ0n) is 15.2. The SMILES string of the molecule is CCOC(=O)/C=C/c1c(C)nc(SC)nc1Nc1ccc(C(C)=O)cc1. The predicted octanol–water partition coefficient (Wildman–Crippen LogP) is 4.03. The third kappa shape index (κ3) is 5.16. The van der Waals surface area contributed by atoms with Gasteiger partial charge in [0, 0.05) is 22.9 Å². The number of ether oxygens (including phenoxy) is 1. The maximum absolute atomic E-state index is 11.6. The number of Topliss-reactive ketones (excluding diaryl/α,β-unsaturated/α-hetero) is 1. The quantitative estimate of drug-likeness (QED) is 0.259. The largest absolute Gasteiger partial charge is 0.463 e. The molecule has 0 atom stereocenters. The highest BCUT2D eigenvalue weighted by Crippen LogP contribution is 2.25. The highest BCUT2D eigenvalue weighted by Gasteiger charge is 2.11. The van der Waals surface area contributed by atoms with Crippen LogP contribution in [0.1, 0.15) is 35.5 Å². The van der Waals surface area contributed by atoms with E-state index in [0.29, 0.717) is 28.7 Å². The van der Waals surface area contributed by atoms with Crippen molar-refractivity contribution in [3.8, 4) is 0 Å². The van der Waals surface area contributed by atoms with Crippen molar-refractivity contribution in [2.75, 3.05) is 18.2 Å². The predicted molar refractivity (Wildman–Crippen MR) is 104 cm³/mol. The first kappa shape index (κ1) is 19.7. The number of nitrogens with one attached hydrogen (secondary N) is 1. The number of thioether (sulfide) groups is 1. The molecule has 0 saturated heterocycles. The number of esters is 1. The number of hydrogen-bond acceptors (Lipinski definition) is 7. The van der Waals surface area contributed by atoms with E-state index in [4.69, 9.17) is 4.74 Å². The highest BCUT2D eigenvalue weighted by molar-refractivity contribution is 7.98. The van der Waals surface area contributed by atoms with Crippen molar-refractivity contribution in [1.29, 1.82) is 0 Å². The summed E-state index contributed by atoms with van der Waals surface area (Å²) in [5, 5.41) is 3.85. The van der Waals surface area contributed by atoms with E-state index in [9.17, 15) is 9.59 Å². The van der Waals surface area contributed by atoms with Crippen molar-refractivity contribution in [2.24, 2.45) is 0 Å². The van der Waals surface area contributed by atoms with Crippen LogP contribution in [0.15, 0.2) is 35.5 Å². The van der Waals surface area contributed by atoms with Gasteiger partial charge in [-0.25, -0.2) is 14.8 Å². The van der Waals surface area contributed by atoms with Crippen LogP contribution in [-0.2, 0) is 9.53 Å². The van der Waals surface area contributed by atoms with Gasteiger partial charge in [0.25, 0.3) is 0 Å². The standard InChI is InChI=1S/C19H21N3O3S/c1-5-25-17(24)11-10-16-12(2)20-19(26-4)22-18(16)21-15-8-6-14(7-9-15)13(3)23/h6-11H,5H2,1-4H3,(H,20,21,22)/b11-10+. The monoisotopic (exact) mass is 371 g/mol. The third-order valence-corrected chi connectivity index (χ3v) is 4.07. The molecule has 0 bridgehead atoms. The van der Waals surface area contributed by atoms with Gasteiger partial charge in [-0.3, -0.25) is 4.79 Å². The minimum atomic E-state index is -0.419. The number of ketones is 1. The average Bonchev–Trinajstić information content (AvgIpc) is 2.61. The molecule has 1 heterocycles. The van der Waals surface area contributed by atoms with Crippen molar-refractivity contribution in [3.05, 3.63) is 47.2 Å². The van der Waals surface area contributed by atoms with Gasteiger partial charge in [0.2, 0.25) is 0 Å². The molecule has 2 rings (SSSR count). The number of aromatic nitrogens is 2. The number of aryl methyl sites for hydroxylation is 1. The molecule has 0 unspecified atom stereocenters. The summed E-state index contributed by atoms with van der Waals surface area (Å²) in [5.74, 6) is 0.174. The molecule has 1 aromatic heterocycles. The van der Waals surface area contributed by atoms with E-state index in [1.165, 1.54) is 24.8 Å². The first-order valence-electron chi connectivity index (χ1n) is 8.10. The molecule has 7 heteroatoms. The summed E-state index contributed by atoms with van der Waals surface area (Å²) >= 11 is 1.43. The fourth-order valence-corrected chi connectivity index (χ4v) is 2.62. The number of benzene rings is 1. The molecular weight excluding hydrogens is 350 g/mol. The first-order chi connectivity index (χ1) is 12.4. The summed E-state index contributed by atoms with van der Waals surface area (Å²) in [6.45, 7) is 5.46. The van der Waals surface area contributed by atoms with Gasteiger partial charge in [0.15, 0.2) is 10.9 Å². The Kier molecular flexibility index (Phi) is 6.91. The van der Waals surface area contributed by atoms with E-state index in [1.54, 1.807) is 25.1 Å². The fourth-order valence-electron chi connectivity index (χ4n) is 2.21. The number of hydrogen-bond donors (Lipinski definition) is 1. The fraction of sp³-hybridized carbons (Fsp3) is 0.263. The lowest BCUT2D eigenvalue weighted by Crippen LogP contribution is -2.04. The average molecular weight is 371 g/mol. The van der Waals surface area contributed by atoms with Crippen molar-refractivity contribution < 1.29 is 14.3 Å². The lowest BCUT2D eigenvalue weighted by atomic mass is 10.1. The maximum atomic E-state index is 11.6. The summed E-state index contributed by atoms with van der Waals surface area (Å²) in [4.78, 5) is 31.9. The molecule has 26 heavy (non-hydrogen) atoms. The topological polar surface area (TPSA) is 81.2 Å². The van der Waals surface area contributed by atoms with Crippen LogP contribution >= 0.6 is 11.8 Å². The van der Waals surface area contributed by atoms with E-state index < -0.39 is 5.97 Å². The van der Waals surface area contributed by atoms with Crippen LogP contribution in [0.4, 0.5) is 11.5 Å². The molecule has 0 radical (unpaired) electrons. The van der Waals surface area contributed by atoms with E-state index in [2.05, 4.69) is 15.3 Å². The summed E-state index contributed by atoms with van der Waals surface area (Å²) in [7, 11) is 0. The van der Waals surface area contributed by atoms with Crippen LogP contribution in [0.3, 0.4) is 0 Å². The van der Waals surface area contributed by atoms with Crippen molar-refractivity contribution in [3.63, 3.8) is 0 Å². The summed E-state index contributed by atoms with van der Waals surface area (Å²) in [6.07, 6.45) is 4.90. The van der Waals surface area contributed by atoms with Gasteiger partial charge in [0.1, 0.15) is 5.82 Å². The van der Waals surface area contributed by atoms with Crippen molar-refractivity contribution >= 4 is 41.1 Å². The molecule has 6 nitrogen and oxygen atoms in total. The van der Waals surface area contributed by atoms with Crippen LogP contribution < -0.4 is 5.32 Å². The van der Waals surface area contributed by atoms with Crippen molar-refractivity contribution in [1.82, 2.24) is 9.97 Å². The van der Waals surface area contributed by atoms with E-state index in [1.807, 2.05) is 25.3 Å².